The lowest BCUT2D eigenvalue weighted by atomic mass is 10.1. The van der Waals surface area contributed by atoms with Crippen LogP contribution in [-0.2, 0) is 10.0 Å². The number of methoxy groups -OCH3 is 1. The molecule has 2 aromatic carbocycles. The molecule has 30 heavy (non-hydrogen) atoms. The summed E-state index contributed by atoms with van der Waals surface area (Å²) in [5.74, 6) is 0.822. The van der Waals surface area contributed by atoms with E-state index in [1.54, 1.807) is 47.3 Å². The zero-order chi connectivity index (χ0) is 21.3. The van der Waals surface area contributed by atoms with E-state index in [9.17, 15) is 18.5 Å². The summed E-state index contributed by atoms with van der Waals surface area (Å²) in [7, 11) is -2.58. The van der Waals surface area contributed by atoms with Gasteiger partial charge in [0.1, 0.15) is 5.75 Å². The number of hydrogen-bond donors (Lipinski definition) is 1. The normalized spacial score (nSPS) is 11.4. The molecule has 0 aliphatic rings. The Morgan fingerprint density at radius 2 is 1.93 bits per heavy atom. The van der Waals surface area contributed by atoms with Crippen molar-refractivity contribution in [3.8, 4) is 17.0 Å². The van der Waals surface area contributed by atoms with Gasteiger partial charge in [0.25, 0.3) is 15.7 Å². The van der Waals surface area contributed by atoms with E-state index in [-0.39, 0.29) is 16.3 Å². The number of sulfonamides is 1. The molecule has 11 heteroatoms. The number of anilines is 1. The minimum atomic E-state index is -4.00. The lowest BCUT2D eigenvalue weighted by Gasteiger charge is -2.13. The second kappa shape index (κ2) is 7.44. The first-order chi connectivity index (χ1) is 14.4. The number of imidazole rings is 1. The Labute approximate surface area is 171 Å². The second-order valence-electron chi connectivity index (χ2n) is 6.22. The van der Waals surface area contributed by atoms with Crippen LogP contribution in [0.5, 0.6) is 5.75 Å². The van der Waals surface area contributed by atoms with E-state index in [0.29, 0.717) is 22.8 Å². The number of nitrogens with one attached hydrogen (secondary N) is 1. The van der Waals surface area contributed by atoms with E-state index in [1.165, 1.54) is 19.2 Å². The van der Waals surface area contributed by atoms with Crippen LogP contribution in [0.1, 0.15) is 0 Å². The van der Waals surface area contributed by atoms with Gasteiger partial charge in [-0.1, -0.05) is 0 Å². The third-order valence-corrected chi connectivity index (χ3v) is 5.71. The van der Waals surface area contributed by atoms with Gasteiger partial charge < -0.3 is 4.74 Å². The largest absolute Gasteiger partial charge is 0.495 e. The molecule has 4 rings (SSSR count). The monoisotopic (exact) mass is 425 g/mol. The molecule has 4 aromatic rings. The predicted octanol–water partition coefficient (Wildman–Crippen LogP) is 3.11. The molecule has 0 atom stereocenters. The van der Waals surface area contributed by atoms with Crippen molar-refractivity contribution in [2.75, 3.05) is 11.8 Å². The molecular weight excluding hydrogens is 410 g/mol. The summed E-state index contributed by atoms with van der Waals surface area (Å²) in [4.78, 5) is 18.7. The lowest BCUT2D eigenvalue weighted by Crippen LogP contribution is -2.13. The van der Waals surface area contributed by atoms with Gasteiger partial charge in [-0.3, -0.25) is 19.2 Å². The number of nitro benzene ring substituents is 1. The summed E-state index contributed by atoms with van der Waals surface area (Å²) in [5, 5.41) is 10.8. The van der Waals surface area contributed by atoms with Crippen molar-refractivity contribution in [2.45, 2.75) is 4.90 Å². The molecule has 0 bridgehead atoms. The number of ether oxygens (including phenoxy) is 1. The van der Waals surface area contributed by atoms with Crippen molar-refractivity contribution >= 4 is 27.2 Å². The Kier molecular flexibility index (Phi) is 4.80. The molecule has 10 nitrogen and oxygen atoms in total. The molecule has 0 radical (unpaired) electrons. The fourth-order valence-corrected chi connectivity index (χ4v) is 3.93. The van der Waals surface area contributed by atoms with Gasteiger partial charge in [0.15, 0.2) is 0 Å². The minimum Gasteiger partial charge on any atom is -0.495 e. The Bertz CT molecular complexity index is 1320. The van der Waals surface area contributed by atoms with Gasteiger partial charge >= 0.3 is 0 Å². The maximum Gasteiger partial charge on any atom is 0.269 e. The summed E-state index contributed by atoms with van der Waals surface area (Å²) in [6.45, 7) is 0. The van der Waals surface area contributed by atoms with E-state index >= 15 is 0 Å². The number of rotatable bonds is 6. The maximum atomic E-state index is 12.8. The molecule has 0 spiro atoms. The van der Waals surface area contributed by atoms with Gasteiger partial charge in [-0.15, -0.1) is 0 Å². The Morgan fingerprint density at radius 3 is 2.60 bits per heavy atom. The van der Waals surface area contributed by atoms with E-state index in [0.717, 1.165) is 12.1 Å². The van der Waals surface area contributed by atoms with Gasteiger partial charge in [-0.25, -0.2) is 18.4 Å². The highest BCUT2D eigenvalue weighted by atomic mass is 32.2. The molecule has 2 aromatic heterocycles. The van der Waals surface area contributed by atoms with Crippen molar-refractivity contribution in [2.24, 2.45) is 0 Å². The number of fused-ring (bicyclic) bond motifs is 1. The zero-order valence-electron chi connectivity index (χ0n) is 15.6. The minimum absolute atomic E-state index is 0.113. The number of nitro groups is 1. The van der Waals surface area contributed by atoms with E-state index < -0.39 is 14.9 Å². The molecule has 2 heterocycles. The first kappa shape index (κ1) is 19.3. The van der Waals surface area contributed by atoms with Gasteiger partial charge in [0.2, 0.25) is 5.78 Å². The van der Waals surface area contributed by atoms with Crippen molar-refractivity contribution < 1.29 is 18.1 Å². The zero-order valence-corrected chi connectivity index (χ0v) is 16.4. The van der Waals surface area contributed by atoms with Crippen LogP contribution < -0.4 is 9.46 Å². The third kappa shape index (κ3) is 3.65. The molecule has 0 aliphatic heterocycles. The highest BCUT2D eigenvalue weighted by Crippen LogP contribution is 2.32. The summed E-state index contributed by atoms with van der Waals surface area (Å²) in [5.41, 5.74) is 1.27. The van der Waals surface area contributed by atoms with Crippen LogP contribution in [0.2, 0.25) is 0 Å². The van der Waals surface area contributed by atoms with Gasteiger partial charge in [0, 0.05) is 36.3 Å². The lowest BCUT2D eigenvalue weighted by molar-refractivity contribution is -0.384. The Morgan fingerprint density at radius 1 is 1.17 bits per heavy atom. The molecular formula is C19H15N5O5S. The first-order valence-electron chi connectivity index (χ1n) is 8.63. The molecule has 0 aliphatic carbocycles. The summed E-state index contributed by atoms with van der Waals surface area (Å²) in [6, 6.07) is 11.4. The maximum absolute atomic E-state index is 12.8. The number of nitrogens with zero attached hydrogens (tertiary/aromatic N) is 4. The van der Waals surface area contributed by atoms with Crippen LogP contribution in [0.4, 0.5) is 11.4 Å². The topological polar surface area (TPSA) is 129 Å². The van der Waals surface area contributed by atoms with Crippen LogP contribution in [0.25, 0.3) is 17.0 Å². The SMILES string of the molecule is COc1ccc(-c2cn3cccnc3n2)cc1NS(=O)(=O)c1ccc([N+](=O)[O-])cc1. The van der Waals surface area contributed by atoms with E-state index in [4.69, 9.17) is 4.74 Å². The fourth-order valence-electron chi connectivity index (χ4n) is 2.87. The fraction of sp³-hybridized carbons (Fsp3) is 0.0526. The number of benzene rings is 2. The third-order valence-electron chi connectivity index (χ3n) is 4.33. The van der Waals surface area contributed by atoms with Crippen molar-refractivity contribution in [1.82, 2.24) is 14.4 Å². The average molecular weight is 425 g/mol. The first-order valence-corrected chi connectivity index (χ1v) is 10.1. The Balaban J connectivity index is 1.70. The van der Waals surface area contributed by atoms with Crippen LogP contribution in [0.3, 0.4) is 0 Å². The molecule has 0 saturated carbocycles. The van der Waals surface area contributed by atoms with E-state index in [1.807, 2.05) is 0 Å². The molecule has 0 saturated heterocycles. The highest BCUT2D eigenvalue weighted by molar-refractivity contribution is 7.92. The van der Waals surface area contributed by atoms with E-state index in [2.05, 4.69) is 14.7 Å². The van der Waals surface area contributed by atoms with Crippen molar-refractivity contribution in [3.05, 3.63) is 77.2 Å². The summed E-state index contributed by atoms with van der Waals surface area (Å²) < 4.78 is 35.0. The van der Waals surface area contributed by atoms with Crippen LogP contribution in [0.15, 0.2) is 72.0 Å². The van der Waals surface area contributed by atoms with Gasteiger partial charge in [-0.05, 0) is 36.4 Å². The standard InChI is InChI=1S/C19H15N5O5S/c1-29-18-8-3-13(17-12-23-10-2-9-20-19(23)21-17)11-16(18)22-30(27,28)15-6-4-14(5-7-15)24(25)26/h2-12,22H,1H3. The molecule has 0 unspecified atom stereocenters. The number of aromatic nitrogens is 3. The number of hydrogen-bond acceptors (Lipinski definition) is 7. The molecule has 152 valence electrons. The molecule has 0 fully saturated rings. The van der Waals surface area contributed by atoms with Crippen molar-refractivity contribution in [1.29, 1.82) is 0 Å². The quantitative estimate of drug-likeness (QED) is 0.371. The highest BCUT2D eigenvalue weighted by Gasteiger charge is 2.19. The predicted molar refractivity (Wildman–Crippen MR) is 109 cm³/mol. The van der Waals surface area contributed by atoms with Crippen LogP contribution in [-0.4, -0.2) is 34.8 Å². The van der Waals surface area contributed by atoms with Crippen molar-refractivity contribution in [3.63, 3.8) is 0 Å². The van der Waals surface area contributed by atoms with Gasteiger partial charge in [-0.2, -0.15) is 0 Å². The molecule has 1 N–H and O–H groups in total. The van der Waals surface area contributed by atoms with Crippen LogP contribution >= 0.6 is 0 Å². The Hall–Kier alpha value is -3.99. The smallest absolute Gasteiger partial charge is 0.269 e. The van der Waals surface area contributed by atoms with Gasteiger partial charge in [0.05, 0.1) is 28.3 Å². The van der Waals surface area contributed by atoms with Crippen LogP contribution in [0, 0.1) is 10.1 Å². The average Bonchev–Trinajstić information content (AvgIpc) is 3.18. The summed E-state index contributed by atoms with van der Waals surface area (Å²) >= 11 is 0. The summed E-state index contributed by atoms with van der Waals surface area (Å²) in [6.07, 6.45) is 5.21. The number of non-ortho nitro benzene ring substituents is 1. The molecule has 0 amide bonds. The second-order valence-corrected chi connectivity index (χ2v) is 7.91.